The van der Waals surface area contributed by atoms with Crippen molar-refractivity contribution in [3.63, 3.8) is 0 Å². The Hall–Kier alpha value is -2.12. The van der Waals surface area contributed by atoms with Crippen molar-refractivity contribution in [3.8, 4) is 5.75 Å². The molecular formula is C25H37FN4O2. The molecule has 0 spiro atoms. The Morgan fingerprint density at radius 2 is 1.97 bits per heavy atom. The molecule has 176 valence electrons. The van der Waals surface area contributed by atoms with Gasteiger partial charge in [-0.15, -0.1) is 0 Å². The van der Waals surface area contributed by atoms with Crippen LogP contribution in [0.2, 0.25) is 0 Å². The number of ether oxygens (including phenoxy) is 1. The predicted molar refractivity (Wildman–Crippen MR) is 126 cm³/mol. The Labute approximate surface area is 190 Å². The molecule has 6 nitrogen and oxygen atoms in total. The number of nitrogens with zero attached hydrogens (tertiary/aromatic N) is 2. The highest BCUT2D eigenvalue weighted by atomic mass is 19.1. The lowest BCUT2D eigenvalue weighted by molar-refractivity contribution is 0.0891. The van der Waals surface area contributed by atoms with E-state index in [2.05, 4.69) is 33.9 Å². The maximum Gasteiger partial charge on any atom is 0.267 e. The average Bonchev–Trinajstić information content (AvgIpc) is 3.22. The SMILES string of the molecule is CC(C)COc1cccc2[nH]c(C(=O)NC3CCN(CCN4CCCC(F)C4)CC3)cc12. The van der Waals surface area contributed by atoms with Gasteiger partial charge in [-0.3, -0.25) is 9.69 Å². The van der Waals surface area contributed by atoms with E-state index in [1.807, 2.05) is 24.3 Å². The third kappa shape index (κ3) is 6.01. The van der Waals surface area contributed by atoms with E-state index in [-0.39, 0.29) is 11.9 Å². The molecule has 2 aromatic rings. The van der Waals surface area contributed by atoms with Gasteiger partial charge in [0.1, 0.15) is 17.6 Å². The number of carbonyl (C=O) groups excluding carboxylic acids is 1. The summed E-state index contributed by atoms with van der Waals surface area (Å²) in [5.41, 5.74) is 1.49. The van der Waals surface area contributed by atoms with Crippen LogP contribution in [0.25, 0.3) is 10.9 Å². The first kappa shape index (κ1) is 23.1. The molecule has 2 saturated heterocycles. The van der Waals surface area contributed by atoms with E-state index in [1.165, 1.54) is 0 Å². The van der Waals surface area contributed by atoms with Gasteiger partial charge >= 0.3 is 0 Å². The number of rotatable bonds is 8. The zero-order chi connectivity index (χ0) is 22.5. The monoisotopic (exact) mass is 444 g/mol. The van der Waals surface area contributed by atoms with E-state index < -0.39 is 6.17 Å². The standard InChI is InChI=1S/C25H37FN4O2/c1-18(2)17-32-24-7-3-6-22-21(24)15-23(28-22)25(31)27-20-8-11-29(12-9-20)13-14-30-10-4-5-19(26)16-30/h3,6-7,15,18-20,28H,4-5,8-14,16-17H2,1-2H3,(H,27,31). The third-order valence-corrected chi connectivity index (χ3v) is 6.54. The van der Waals surface area contributed by atoms with Crippen LogP contribution in [-0.4, -0.2) is 78.8 Å². The Bertz CT molecular complexity index is 891. The largest absolute Gasteiger partial charge is 0.493 e. The summed E-state index contributed by atoms with van der Waals surface area (Å²) in [4.78, 5) is 20.8. The second kappa shape index (κ2) is 10.7. The molecule has 2 fully saturated rings. The van der Waals surface area contributed by atoms with E-state index in [0.29, 0.717) is 31.2 Å². The van der Waals surface area contributed by atoms with Gasteiger partial charge < -0.3 is 19.9 Å². The molecule has 2 aliphatic rings. The average molecular weight is 445 g/mol. The van der Waals surface area contributed by atoms with Gasteiger partial charge in [-0.25, -0.2) is 4.39 Å². The first-order chi connectivity index (χ1) is 15.5. The fourth-order valence-electron chi connectivity index (χ4n) is 4.68. The summed E-state index contributed by atoms with van der Waals surface area (Å²) in [6.07, 6.45) is 2.91. The van der Waals surface area contributed by atoms with E-state index in [0.717, 1.165) is 68.6 Å². The molecule has 32 heavy (non-hydrogen) atoms. The number of nitrogens with one attached hydrogen (secondary N) is 2. The summed E-state index contributed by atoms with van der Waals surface area (Å²) >= 11 is 0. The molecular weight excluding hydrogens is 407 g/mol. The van der Waals surface area contributed by atoms with Gasteiger partial charge in [-0.2, -0.15) is 0 Å². The second-order valence-corrected chi connectivity index (χ2v) is 9.73. The lowest BCUT2D eigenvalue weighted by Gasteiger charge is -2.35. The quantitative estimate of drug-likeness (QED) is 0.650. The molecule has 3 heterocycles. The van der Waals surface area contributed by atoms with Crippen molar-refractivity contribution in [2.45, 2.75) is 51.7 Å². The van der Waals surface area contributed by atoms with Crippen LogP contribution >= 0.6 is 0 Å². The molecule has 0 aliphatic carbocycles. The third-order valence-electron chi connectivity index (χ3n) is 6.54. The summed E-state index contributed by atoms with van der Waals surface area (Å²) in [5.74, 6) is 1.20. The van der Waals surface area contributed by atoms with Crippen molar-refractivity contribution in [1.82, 2.24) is 20.1 Å². The normalized spacial score (nSPS) is 21.3. The van der Waals surface area contributed by atoms with Crippen LogP contribution in [0.1, 0.15) is 50.0 Å². The number of H-pyrrole nitrogens is 1. The number of carbonyl (C=O) groups is 1. The number of amides is 1. The fraction of sp³-hybridized carbons (Fsp3) is 0.640. The van der Waals surface area contributed by atoms with Crippen LogP contribution in [0.4, 0.5) is 4.39 Å². The maximum atomic E-state index is 13.6. The van der Waals surface area contributed by atoms with Crippen molar-refractivity contribution < 1.29 is 13.9 Å². The summed E-state index contributed by atoms with van der Waals surface area (Å²) in [5, 5.41) is 4.15. The zero-order valence-electron chi connectivity index (χ0n) is 19.4. The topological polar surface area (TPSA) is 60.6 Å². The molecule has 1 unspecified atom stereocenters. The highest BCUT2D eigenvalue weighted by Crippen LogP contribution is 2.27. The zero-order valence-corrected chi connectivity index (χ0v) is 19.4. The highest BCUT2D eigenvalue weighted by molar-refractivity contribution is 5.99. The van der Waals surface area contributed by atoms with E-state index in [1.54, 1.807) is 0 Å². The number of hydrogen-bond acceptors (Lipinski definition) is 4. The van der Waals surface area contributed by atoms with E-state index in [4.69, 9.17) is 4.74 Å². The number of benzene rings is 1. The number of aromatic amines is 1. The number of hydrogen-bond donors (Lipinski definition) is 2. The molecule has 0 radical (unpaired) electrons. The van der Waals surface area contributed by atoms with Gasteiger partial charge in [0, 0.05) is 49.7 Å². The van der Waals surface area contributed by atoms with Crippen LogP contribution < -0.4 is 10.1 Å². The molecule has 2 aliphatic heterocycles. The summed E-state index contributed by atoms with van der Waals surface area (Å²) in [6, 6.07) is 7.95. The van der Waals surface area contributed by atoms with E-state index in [9.17, 15) is 9.18 Å². The molecule has 2 N–H and O–H groups in total. The van der Waals surface area contributed by atoms with Gasteiger partial charge in [0.05, 0.1) is 6.61 Å². The smallest absolute Gasteiger partial charge is 0.267 e. The number of halogens is 1. The minimum absolute atomic E-state index is 0.0586. The van der Waals surface area contributed by atoms with Crippen molar-refractivity contribution in [2.24, 2.45) is 5.92 Å². The summed E-state index contributed by atoms with van der Waals surface area (Å²) in [7, 11) is 0. The van der Waals surface area contributed by atoms with Crippen LogP contribution in [0.3, 0.4) is 0 Å². The van der Waals surface area contributed by atoms with Crippen LogP contribution in [-0.2, 0) is 0 Å². The first-order valence-corrected chi connectivity index (χ1v) is 12.1. The van der Waals surface area contributed by atoms with Crippen molar-refractivity contribution >= 4 is 16.8 Å². The number of aromatic nitrogens is 1. The lowest BCUT2D eigenvalue weighted by atomic mass is 10.0. The molecule has 1 atom stereocenters. The summed E-state index contributed by atoms with van der Waals surface area (Å²) < 4.78 is 19.5. The molecule has 1 amide bonds. The lowest BCUT2D eigenvalue weighted by Crippen LogP contribution is -2.47. The van der Waals surface area contributed by atoms with Crippen molar-refractivity contribution in [3.05, 3.63) is 30.0 Å². The van der Waals surface area contributed by atoms with Gasteiger partial charge in [0.15, 0.2) is 0 Å². The number of fused-ring (bicyclic) bond motifs is 1. The van der Waals surface area contributed by atoms with Crippen LogP contribution in [0.5, 0.6) is 5.75 Å². The summed E-state index contributed by atoms with van der Waals surface area (Å²) in [6.45, 7) is 10.3. The first-order valence-electron chi connectivity index (χ1n) is 12.1. The molecule has 7 heteroatoms. The van der Waals surface area contributed by atoms with Crippen LogP contribution in [0, 0.1) is 5.92 Å². The van der Waals surface area contributed by atoms with Crippen molar-refractivity contribution in [2.75, 3.05) is 45.9 Å². The van der Waals surface area contributed by atoms with Gasteiger partial charge in [-0.1, -0.05) is 19.9 Å². The molecule has 1 aromatic carbocycles. The Morgan fingerprint density at radius 3 is 2.72 bits per heavy atom. The Balaban J connectivity index is 1.26. The predicted octanol–water partition coefficient (Wildman–Crippen LogP) is 3.83. The maximum absolute atomic E-state index is 13.6. The minimum Gasteiger partial charge on any atom is -0.493 e. The number of alkyl halides is 1. The van der Waals surface area contributed by atoms with Crippen LogP contribution in [0.15, 0.2) is 24.3 Å². The number of likely N-dealkylation sites (tertiary alicyclic amines) is 2. The molecule has 1 aromatic heterocycles. The minimum atomic E-state index is -0.660. The van der Waals surface area contributed by atoms with Crippen molar-refractivity contribution in [1.29, 1.82) is 0 Å². The molecule has 0 bridgehead atoms. The second-order valence-electron chi connectivity index (χ2n) is 9.73. The highest BCUT2D eigenvalue weighted by Gasteiger charge is 2.24. The fourth-order valence-corrected chi connectivity index (χ4v) is 4.68. The van der Waals surface area contributed by atoms with Gasteiger partial charge in [0.2, 0.25) is 0 Å². The van der Waals surface area contributed by atoms with Gasteiger partial charge in [0.25, 0.3) is 5.91 Å². The molecule has 4 rings (SSSR count). The Kier molecular flexibility index (Phi) is 7.68. The molecule has 0 saturated carbocycles. The van der Waals surface area contributed by atoms with Gasteiger partial charge in [-0.05, 0) is 56.3 Å². The van der Waals surface area contributed by atoms with E-state index >= 15 is 0 Å². The number of piperidine rings is 2. The Morgan fingerprint density at radius 1 is 1.19 bits per heavy atom.